The van der Waals surface area contributed by atoms with E-state index in [2.05, 4.69) is 17.9 Å². The molecule has 0 N–H and O–H groups in total. The molecule has 2 aliphatic rings. The largest absolute Gasteiger partial charge is 0.295 e. The van der Waals surface area contributed by atoms with Crippen molar-refractivity contribution >= 4 is 0 Å². The van der Waals surface area contributed by atoms with Crippen molar-refractivity contribution in [3.8, 4) is 12.3 Å². The highest BCUT2D eigenvalue weighted by Crippen LogP contribution is 2.54. The third-order valence-electron chi connectivity index (χ3n) is 3.27. The molecule has 2 fully saturated rings. The average molecular weight is 163 g/mol. The van der Waals surface area contributed by atoms with Gasteiger partial charge in [0.25, 0.3) is 0 Å². The van der Waals surface area contributed by atoms with Crippen molar-refractivity contribution in [1.29, 1.82) is 0 Å². The molecule has 0 bridgehead atoms. The molecule has 1 heteroatoms. The molecule has 0 aromatic carbocycles. The van der Waals surface area contributed by atoms with E-state index in [4.69, 9.17) is 6.42 Å². The van der Waals surface area contributed by atoms with Gasteiger partial charge in [0, 0.05) is 6.54 Å². The van der Waals surface area contributed by atoms with E-state index in [1.807, 2.05) is 0 Å². The maximum absolute atomic E-state index is 5.25. The van der Waals surface area contributed by atoms with Crippen LogP contribution in [-0.4, -0.2) is 25.0 Å². The molecule has 2 atom stereocenters. The van der Waals surface area contributed by atoms with Crippen LogP contribution in [0.5, 0.6) is 0 Å². The molecule has 2 aliphatic carbocycles. The molecular formula is C11H17N. The summed E-state index contributed by atoms with van der Waals surface area (Å²) in [4.78, 5) is 2.27. The molecule has 0 amide bonds. The van der Waals surface area contributed by atoms with Crippen molar-refractivity contribution in [2.24, 2.45) is 17.8 Å². The van der Waals surface area contributed by atoms with E-state index < -0.39 is 0 Å². The zero-order valence-corrected chi connectivity index (χ0v) is 7.79. The van der Waals surface area contributed by atoms with Gasteiger partial charge < -0.3 is 0 Å². The normalized spacial score (nSPS) is 37.9. The Morgan fingerprint density at radius 2 is 2.00 bits per heavy atom. The molecular weight excluding hydrogens is 146 g/mol. The number of fused-ring (bicyclic) bond motifs is 1. The summed E-state index contributed by atoms with van der Waals surface area (Å²) in [5.74, 6) is 5.85. The summed E-state index contributed by atoms with van der Waals surface area (Å²) in [6.45, 7) is 2.03. The quantitative estimate of drug-likeness (QED) is 0.571. The van der Waals surface area contributed by atoms with Gasteiger partial charge in [-0.2, -0.15) is 0 Å². The third-order valence-corrected chi connectivity index (χ3v) is 3.27. The van der Waals surface area contributed by atoms with Crippen LogP contribution in [0.25, 0.3) is 0 Å². The second-order valence-electron chi connectivity index (χ2n) is 4.49. The Hall–Kier alpha value is -0.480. The second-order valence-corrected chi connectivity index (χ2v) is 4.49. The zero-order chi connectivity index (χ0) is 8.55. The summed E-state index contributed by atoms with van der Waals surface area (Å²) in [6, 6.07) is 0. The van der Waals surface area contributed by atoms with Crippen molar-refractivity contribution in [1.82, 2.24) is 4.90 Å². The minimum Gasteiger partial charge on any atom is -0.295 e. The summed E-state index contributed by atoms with van der Waals surface area (Å²) in [6.07, 6.45) is 9.71. The van der Waals surface area contributed by atoms with E-state index in [0.717, 1.165) is 24.3 Å². The Kier molecular flexibility index (Phi) is 2.11. The minimum atomic E-state index is 0.811. The SMILES string of the molecule is C#CCN(C)CC1CC2CC2C1. The van der Waals surface area contributed by atoms with Crippen molar-refractivity contribution in [3.63, 3.8) is 0 Å². The van der Waals surface area contributed by atoms with Crippen LogP contribution in [0.15, 0.2) is 0 Å². The highest BCUT2D eigenvalue weighted by Gasteiger charge is 2.45. The fraction of sp³-hybridized carbons (Fsp3) is 0.818. The van der Waals surface area contributed by atoms with Crippen molar-refractivity contribution in [3.05, 3.63) is 0 Å². The van der Waals surface area contributed by atoms with E-state index in [0.29, 0.717) is 0 Å². The van der Waals surface area contributed by atoms with Gasteiger partial charge in [0.2, 0.25) is 0 Å². The van der Waals surface area contributed by atoms with E-state index >= 15 is 0 Å². The monoisotopic (exact) mass is 163 g/mol. The average Bonchev–Trinajstić information content (AvgIpc) is 2.60. The molecule has 2 unspecified atom stereocenters. The lowest BCUT2D eigenvalue weighted by atomic mass is 10.0. The molecule has 1 nitrogen and oxygen atoms in total. The van der Waals surface area contributed by atoms with E-state index in [1.165, 1.54) is 25.8 Å². The van der Waals surface area contributed by atoms with E-state index in [1.54, 1.807) is 0 Å². The van der Waals surface area contributed by atoms with Crippen LogP contribution in [-0.2, 0) is 0 Å². The first-order chi connectivity index (χ1) is 5.79. The van der Waals surface area contributed by atoms with Crippen LogP contribution in [0.4, 0.5) is 0 Å². The van der Waals surface area contributed by atoms with E-state index in [-0.39, 0.29) is 0 Å². The first-order valence-electron chi connectivity index (χ1n) is 4.91. The molecule has 0 spiro atoms. The molecule has 0 aliphatic heterocycles. The number of terminal acetylenes is 1. The van der Waals surface area contributed by atoms with Crippen LogP contribution in [0.2, 0.25) is 0 Å². The molecule has 66 valence electrons. The molecule has 0 radical (unpaired) electrons. The van der Waals surface area contributed by atoms with E-state index in [9.17, 15) is 0 Å². The smallest absolute Gasteiger partial charge is 0.0596 e. The fourth-order valence-electron chi connectivity index (χ4n) is 2.65. The fourth-order valence-corrected chi connectivity index (χ4v) is 2.65. The highest BCUT2D eigenvalue weighted by atomic mass is 15.1. The minimum absolute atomic E-state index is 0.811. The van der Waals surface area contributed by atoms with Gasteiger partial charge in [-0.05, 0) is 44.1 Å². The predicted molar refractivity (Wildman–Crippen MR) is 50.7 cm³/mol. The van der Waals surface area contributed by atoms with Crippen LogP contribution < -0.4 is 0 Å². The number of hydrogen-bond acceptors (Lipinski definition) is 1. The van der Waals surface area contributed by atoms with Gasteiger partial charge in [0.15, 0.2) is 0 Å². The Balaban J connectivity index is 1.70. The summed E-state index contributed by atoms with van der Waals surface area (Å²) in [5, 5.41) is 0. The molecule has 0 aromatic heterocycles. The van der Waals surface area contributed by atoms with Crippen molar-refractivity contribution in [2.45, 2.75) is 19.3 Å². The number of hydrogen-bond donors (Lipinski definition) is 0. The molecule has 0 heterocycles. The van der Waals surface area contributed by atoms with Gasteiger partial charge in [0.05, 0.1) is 6.54 Å². The molecule has 0 saturated heterocycles. The Bertz CT molecular complexity index is 194. The Morgan fingerprint density at radius 3 is 2.58 bits per heavy atom. The maximum Gasteiger partial charge on any atom is 0.0596 e. The van der Waals surface area contributed by atoms with Gasteiger partial charge >= 0.3 is 0 Å². The van der Waals surface area contributed by atoms with Crippen LogP contribution in [0.3, 0.4) is 0 Å². The lowest BCUT2D eigenvalue weighted by molar-refractivity contribution is 0.293. The van der Waals surface area contributed by atoms with Gasteiger partial charge in [-0.15, -0.1) is 6.42 Å². The van der Waals surface area contributed by atoms with Crippen LogP contribution in [0.1, 0.15) is 19.3 Å². The second kappa shape index (κ2) is 3.11. The van der Waals surface area contributed by atoms with Gasteiger partial charge in [-0.1, -0.05) is 5.92 Å². The Labute approximate surface area is 75.1 Å². The summed E-state index contributed by atoms with van der Waals surface area (Å²) in [5.41, 5.74) is 0. The predicted octanol–water partition coefficient (Wildman–Crippen LogP) is 1.60. The summed E-state index contributed by atoms with van der Waals surface area (Å²) < 4.78 is 0. The maximum atomic E-state index is 5.25. The standard InChI is InChI=1S/C11H17N/c1-3-4-12(2)8-9-5-10-7-11(10)6-9/h1,9-11H,4-8H2,2H3. The highest BCUT2D eigenvalue weighted by molar-refractivity contribution is 4.97. The number of nitrogens with zero attached hydrogens (tertiary/aromatic N) is 1. The van der Waals surface area contributed by atoms with Crippen LogP contribution in [0, 0.1) is 30.1 Å². The lowest BCUT2D eigenvalue weighted by Crippen LogP contribution is -2.25. The van der Waals surface area contributed by atoms with Gasteiger partial charge in [0.1, 0.15) is 0 Å². The number of rotatable bonds is 3. The topological polar surface area (TPSA) is 3.24 Å². The third kappa shape index (κ3) is 1.64. The molecule has 2 saturated carbocycles. The first-order valence-corrected chi connectivity index (χ1v) is 4.91. The van der Waals surface area contributed by atoms with Gasteiger partial charge in [-0.3, -0.25) is 4.90 Å². The summed E-state index contributed by atoms with van der Waals surface area (Å²) in [7, 11) is 2.13. The Morgan fingerprint density at radius 1 is 1.33 bits per heavy atom. The van der Waals surface area contributed by atoms with Gasteiger partial charge in [-0.25, -0.2) is 0 Å². The molecule has 12 heavy (non-hydrogen) atoms. The van der Waals surface area contributed by atoms with Crippen molar-refractivity contribution < 1.29 is 0 Å². The van der Waals surface area contributed by atoms with Crippen molar-refractivity contribution in [2.75, 3.05) is 20.1 Å². The first kappa shape index (κ1) is 8.13. The molecule has 2 rings (SSSR count). The summed E-state index contributed by atoms with van der Waals surface area (Å²) >= 11 is 0. The zero-order valence-electron chi connectivity index (χ0n) is 7.79. The van der Waals surface area contributed by atoms with Crippen LogP contribution >= 0.6 is 0 Å². The molecule has 0 aromatic rings. The lowest BCUT2D eigenvalue weighted by Gasteiger charge is -2.19.